The predicted octanol–water partition coefficient (Wildman–Crippen LogP) is 2.62. The van der Waals surface area contributed by atoms with Gasteiger partial charge in [0.05, 0.1) is 5.56 Å². The molecule has 0 aromatic heterocycles. The summed E-state index contributed by atoms with van der Waals surface area (Å²) in [6.45, 7) is 5.48. The van der Waals surface area contributed by atoms with Crippen LogP contribution in [0.1, 0.15) is 34.3 Å². The SMILES string of the molecule is Cc1cc(C)c(C(=O)CC2CCNC2)c(F)c1. The molecule has 3 heteroatoms. The van der Waals surface area contributed by atoms with Gasteiger partial charge in [0.25, 0.3) is 0 Å². The highest BCUT2D eigenvalue weighted by Gasteiger charge is 2.22. The van der Waals surface area contributed by atoms with Gasteiger partial charge in [-0.25, -0.2) is 4.39 Å². The standard InChI is InChI=1S/C14H18FNO/c1-9-5-10(2)14(12(15)6-9)13(17)7-11-3-4-16-8-11/h5-6,11,16H,3-4,7-8H2,1-2H3. The summed E-state index contributed by atoms with van der Waals surface area (Å²) in [5.74, 6) is -0.0743. The largest absolute Gasteiger partial charge is 0.316 e. The summed E-state index contributed by atoms with van der Waals surface area (Å²) >= 11 is 0. The van der Waals surface area contributed by atoms with Crippen LogP contribution in [-0.4, -0.2) is 18.9 Å². The molecule has 0 spiro atoms. The molecule has 1 heterocycles. The zero-order valence-electron chi connectivity index (χ0n) is 10.3. The summed E-state index contributed by atoms with van der Waals surface area (Å²) in [6, 6.07) is 3.30. The smallest absolute Gasteiger partial charge is 0.166 e. The molecule has 1 N–H and O–H groups in total. The Kier molecular flexibility index (Phi) is 3.57. The van der Waals surface area contributed by atoms with E-state index in [-0.39, 0.29) is 17.2 Å². The molecule has 0 saturated carbocycles. The van der Waals surface area contributed by atoms with Crippen molar-refractivity contribution in [3.63, 3.8) is 0 Å². The van der Waals surface area contributed by atoms with Crippen molar-refractivity contribution >= 4 is 5.78 Å². The van der Waals surface area contributed by atoms with Crippen molar-refractivity contribution in [2.45, 2.75) is 26.7 Å². The average Bonchev–Trinajstić information content (AvgIpc) is 2.68. The number of nitrogens with one attached hydrogen (secondary N) is 1. The lowest BCUT2D eigenvalue weighted by molar-refractivity contribution is 0.0960. The van der Waals surface area contributed by atoms with Crippen LogP contribution in [0.4, 0.5) is 4.39 Å². The first kappa shape index (κ1) is 12.2. The molecule has 1 fully saturated rings. The molecule has 0 amide bonds. The Hall–Kier alpha value is -1.22. The molecular formula is C14H18FNO. The normalized spacial score (nSPS) is 19.6. The molecule has 1 aromatic rings. The quantitative estimate of drug-likeness (QED) is 0.816. The minimum atomic E-state index is -0.376. The van der Waals surface area contributed by atoms with E-state index in [2.05, 4.69) is 5.32 Å². The Morgan fingerprint density at radius 2 is 2.24 bits per heavy atom. The molecule has 1 aliphatic rings. The number of hydrogen-bond donors (Lipinski definition) is 1. The fourth-order valence-electron chi connectivity index (χ4n) is 2.52. The Morgan fingerprint density at radius 1 is 1.47 bits per heavy atom. The fraction of sp³-hybridized carbons (Fsp3) is 0.500. The van der Waals surface area contributed by atoms with Crippen molar-refractivity contribution in [2.75, 3.05) is 13.1 Å². The summed E-state index contributed by atoms with van der Waals surface area (Å²) in [5.41, 5.74) is 1.89. The van der Waals surface area contributed by atoms with Gasteiger partial charge in [0, 0.05) is 6.42 Å². The second-order valence-electron chi connectivity index (χ2n) is 4.92. The molecule has 0 radical (unpaired) electrons. The van der Waals surface area contributed by atoms with Gasteiger partial charge in [0.2, 0.25) is 0 Å². The first-order chi connectivity index (χ1) is 8.08. The van der Waals surface area contributed by atoms with Gasteiger partial charge >= 0.3 is 0 Å². The highest BCUT2D eigenvalue weighted by Crippen LogP contribution is 2.21. The lowest BCUT2D eigenvalue weighted by Crippen LogP contribution is -2.14. The number of benzene rings is 1. The van der Waals surface area contributed by atoms with Crippen LogP contribution in [0.3, 0.4) is 0 Å². The van der Waals surface area contributed by atoms with E-state index < -0.39 is 0 Å². The molecule has 17 heavy (non-hydrogen) atoms. The van der Waals surface area contributed by atoms with Gasteiger partial charge in [-0.2, -0.15) is 0 Å². The molecule has 0 bridgehead atoms. The number of halogens is 1. The third-order valence-electron chi connectivity index (χ3n) is 3.35. The zero-order valence-corrected chi connectivity index (χ0v) is 10.3. The van der Waals surface area contributed by atoms with E-state index in [1.165, 1.54) is 6.07 Å². The van der Waals surface area contributed by atoms with Gasteiger partial charge in [0.1, 0.15) is 5.82 Å². The van der Waals surface area contributed by atoms with Crippen LogP contribution in [0, 0.1) is 25.6 Å². The minimum Gasteiger partial charge on any atom is -0.316 e. The Morgan fingerprint density at radius 3 is 2.82 bits per heavy atom. The molecule has 2 nitrogen and oxygen atoms in total. The lowest BCUT2D eigenvalue weighted by Gasteiger charge is -2.11. The summed E-state index contributed by atoms with van der Waals surface area (Å²) in [7, 11) is 0. The maximum atomic E-state index is 13.8. The van der Waals surface area contributed by atoms with E-state index in [9.17, 15) is 9.18 Å². The topological polar surface area (TPSA) is 29.1 Å². The molecule has 1 aromatic carbocycles. The second-order valence-corrected chi connectivity index (χ2v) is 4.92. The molecule has 1 saturated heterocycles. The third kappa shape index (κ3) is 2.72. The first-order valence-electron chi connectivity index (χ1n) is 6.08. The van der Waals surface area contributed by atoms with E-state index in [1.54, 1.807) is 6.92 Å². The van der Waals surface area contributed by atoms with Crippen molar-refractivity contribution in [2.24, 2.45) is 5.92 Å². The highest BCUT2D eigenvalue weighted by atomic mass is 19.1. The molecular weight excluding hydrogens is 217 g/mol. The predicted molar refractivity (Wildman–Crippen MR) is 65.8 cm³/mol. The van der Waals surface area contributed by atoms with Gasteiger partial charge in [-0.3, -0.25) is 4.79 Å². The average molecular weight is 235 g/mol. The fourth-order valence-corrected chi connectivity index (χ4v) is 2.52. The van der Waals surface area contributed by atoms with E-state index in [4.69, 9.17) is 0 Å². The molecule has 1 atom stereocenters. The summed E-state index contributed by atoms with van der Waals surface area (Å²) in [4.78, 5) is 12.1. The van der Waals surface area contributed by atoms with E-state index in [0.717, 1.165) is 30.6 Å². The van der Waals surface area contributed by atoms with Crippen LogP contribution in [0.2, 0.25) is 0 Å². The Bertz CT molecular complexity index is 413. The number of hydrogen-bond acceptors (Lipinski definition) is 2. The van der Waals surface area contributed by atoms with Gasteiger partial charge in [-0.05, 0) is 56.5 Å². The Balaban J connectivity index is 2.18. The highest BCUT2D eigenvalue weighted by molar-refractivity contribution is 5.97. The van der Waals surface area contributed by atoms with Crippen LogP contribution in [0.5, 0.6) is 0 Å². The molecule has 2 rings (SSSR count). The van der Waals surface area contributed by atoms with Crippen molar-refractivity contribution in [1.29, 1.82) is 0 Å². The van der Waals surface area contributed by atoms with Gasteiger partial charge < -0.3 is 5.32 Å². The number of carbonyl (C=O) groups excluding carboxylic acids is 1. The third-order valence-corrected chi connectivity index (χ3v) is 3.35. The van der Waals surface area contributed by atoms with Crippen LogP contribution < -0.4 is 5.32 Å². The van der Waals surface area contributed by atoms with E-state index in [1.807, 2.05) is 13.0 Å². The summed E-state index contributed by atoms with van der Waals surface area (Å²) in [5, 5.41) is 3.22. The monoisotopic (exact) mass is 235 g/mol. The summed E-state index contributed by atoms with van der Waals surface area (Å²) in [6.07, 6.45) is 1.46. The van der Waals surface area contributed by atoms with E-state index in [0.29, 0.717) is 12.3 Å². The minimum absolute atomic E-state index is 0.0614. The summed E-state index contributed by atoms with van der Waals surface area (Å²) < 4.78 is 13.8. The molecule has 0 aliphatic carbocycles. The van der Waals surface area contributed by atoms with Gasteiger partial charge in [-0.1, -0.05) is 6.07 Å². The number of rotatable bonds is 3. The molecule has 1 aliphatic heterocycles. The molecule has 92 valence electrons. The number of carbonyl (C=O) groups is 1. The maximum Gasteiger partial charge on any atom is 0.166 e. The van der Waals surface area contributed by atoms with Crippen molar-refractivity contribution in [1.82, 2.24) is 5.32 Å². The number of aryl methyl sites for hydroxylation is 2. The maximum absolute atomic E-state index is 13.8. The van der Waals surface area contributed by atoms with Crippen molar-refractivity contribution < 1.29 is 9.18 Å². The Labute approximate surface area is 101 Å². The van der Waals surface area contributed by atoms with Gasteiger partial charge in [0.15, 0.2) is 5.78 Å². The van der Waals surface area contributed by atoms with Crippen LogP contribution in [0.15, 0.2) is 12.1 Å². The van der Waals surface area contributed by atoms with Crippen LogP contribution >= 0.6 is 0 Å². The first-order valence-corrected chi connectivity index (χ1v) is 6.08. The van der Waals surface area contributed by atoms with Crippen LogP contribution in [0.25, 0.3) is 0 Å². The van der Waals surface area contributed by atoms with Gasteiger partial charge in [-0.15, -0.1) is 0 Å². The number of ketones is 1. The van der Waals surface area contributed by atoms with Crippen LogP contribution in [-0.2, 0) is 0 Å². The van der Waals surface area contributed by atoms with Crippen molar-refractivity contribution in [3.8, 4) is 0 Å². The van der Waals surface area contributed by atoms with Crippen molar-refractivity contribution in [3.05, 3.63) is 34.6 Å². The zero-order chi connectivity index (χ0) is 12.4. The number of Topliss-reactive ketones (excluding diaryl/α,β-unsaturated/α-hetero) is 1. The second kappa shape index (κ2) is 4.96. The molecule has 1 unspecified atom stereocenters. The lowest BCUT2D eigenvalue weighted by atomic mass is 9.94. The van der Waals surface area contributed by atoms with E-state index >= 15 is 0 Å².